The Morgan fingerprint density at radius 2 is 1.67 bits per heavy atom. The third kappa shape index (κ3) is 7.90. The number of rotatable bonds is 11. The Morgan fingerprint density at radius 1 is 1.00 bits per heavy atom. The van der Waals surface area contributed by atoms with Gasteiger partial charge in [0.25, 0.3) is 0 Å². The quantitative estimate of drug-likeness (QED) is 0.561. The van der Waals surface area contributed by atoms with Gasteiger partial charge < -0.3 is 15.0 Å². The minimum Gasteiger partial charge on any atom is -0.494 e. The maximum absolute atomic E-state index is 13.0. The van der Waals surface area contributed by atoms with Crippen LogP contribution >= 0.6 is 0 Å². The molecule has 0 spiro atoms. The number of nitrogens with one attached hydrogen (secondary N) is 1. The van der Waals surface area contributed by atoms with E-state index in [0.717, 1.165) is 11.3 Å². The summed E-state index contributed by atoms with van der Waals surface area (Å²) in [6.07, 6.45) is 0.929. The Morgan fingerprint density at radius 3 is 2.30 bits per heavy atom. The zero-order valence-corrected chi connectivity index (χ0v) is 18.6. The van der Waals surface area contributed by atoms with Crippen LogP contribution in [-0.4, -0.2) is 35.9 Å². The van der Waals surface area contributed by atoms with E-state index >= 15 is 0 Å². The summed E-state index contributed by atoms with van der Waals surface area (Å²) in [5.74, 6) is 0.997. The first-order valence-corrected chi connectivity index (χ1v) is 10.7. The van der Waals surface area contributed by atoms with Crippen LogP contribution in [0.3, 0.4) is 0 Å². The van der Waals surface area contributed by atoms with Crippen LogP contribution in [0.15, 0.2) is 54.6 Å². The second-order valence-corrected chi connectivity index (χ2v) is 8.09. The van der Waals surface area contributed by atoms with Gasteiger partial charge in [0.15, 0.2) is 0 Å². The topological polar surface area (TPSA) is 58.6 Å². The molecule has 5 heteroatoms. The van der Waals surface area contributed by atoms with E-state index in [-0.39, 0.29) is 11.8 Å². The summed E-state index contributed by atoms with van der Waals surface area (Å²) in [7, 11) is 0. The highest BCUT2D eigenvalue weighted by molar-refractivity contribution is 5.87. The molecule has 0 unspecified atom stereocenters. The summed E-state index contributed by atoms with van der Waals surface area (Å²) in [5, 5.41) is 2.94. The van der Waals surface area contributed by atoms with Crippen molar-refractivity contribution in [2.75, 3.05) is 13.2 Å². The molecule has 30 heavy (non-hydrogen) atoms. The van der Waals surface area contributed by atoms with Crippen molar-refractivity contribution in [2.24, 2.45) is 5.92 Å². The number of carbonyl (C=O) groups excluding carboxylic acids is 2. The first-order valence-electron chi connectivity index (χ1n) is 10.7. The van der Waals surface area contributed by atoms with E-state index < -0.39 is 6.04 Å². The van der Waals surface area contributed by atoms with Gasteiger partial charge in [0, 0.05) is 19.5 Å². The molecule has 162 valence electrons. The normalized spacial score (nSPS) is 11.8. The third-order valence-electron chi connectivity index (χ3n) is 4.87. The highest BCUT2D eigenvalue weighted by atomic mass is 16.5. The van der Waals surface area contributed by atoms with Crippen molar-refractivity contribution < 1.29 is 14.3 Å². The lowest BCUT2D eigenvalue weighted by Crippen LogP contribution is -2.48. The van der Waals surface area contributed by atoms with E-state index in [2.05, 4.69) is 5.32 Å². The monoisotopic (exact) mass is 410 g/mol. The standard InChI is InChI=1S/C25H34N2O3/c1-19(2)17-26-25(29)21(4)27(18-22-9-6-5-7-10-22)24(28)11-8-16-30-23-14-12-20(3)13-15-23/h5-7,9-10,12-15,19,21H,8,11,16-18H2,1-4H3,(H,26,29)/t21-/m1/s1. The Balaban J connectivity index is 1.94. The van der Waals surface area contributed by atoms with Crippen molar-refractivity contribution in [2.45, 2.75) is 53.1 Å². The fourth-order valence-corrected chi connectivity index (χ4v) is 3.01. The SMILES string of the molecule is Cc1ccc(OCCCC(=O)N(Cc2ccccc2)[C@H](C)C(=O)NCC(C)C)cc1. The largest absolute Gasteiger partial charge is 0.494 e. The van der Waals surface area contributed by atoms with Gasteiger partial charge in [-0.25, -0.2) is 0 Å². The van der Waals surface area contributed by atoms with Gasteiger partial charge in [0.1, 0.15) is 11.8 Å². The number of amides is 2. The second-order valence-electron chi connectivity index (χ2n) is 8.09. The molecule has 0 bridgehead atoms. The van der Waals surface area contributed by atoms with Gasteiger partial charge in [-0.1, -0.05) is 61.9 Å². The molecule has 0 aliphatic heterocycles. The van der Waals surface area contributed by atoms with E-state index in [1.54, 1.807) is 11.8 Å². The van der Waals surface area contributed by atoms with Crippen LogP contribution in [-0.2, 0) is 16.1 Å². The van der Waals surface area contributed by atoms with Crippen molar-refractivity contribution in [1.82, 2.24) is 10.2 Å². The van der Waals surface area contributed by atoms with E-state index in [0.29, 0.717) is 38.5 Å². The van der Waals surface area contributed by atoms with Crippen LogP contribution in [0.1, 0.15) is 44.7 Å². The minimum absolute atomic E-state index is 0.0430. The first kappa shape index (κ1) is 23.5. The van der Waals surface area contributed by atoms with Gasteiger partial charge in [0.2, 0.25) is 11.8 Å². The predicted octanol–water partition coefficient (Wildman–Crippen LogP) is 4.34. The first-order chi connectivity index (χ1) is 14.4. The molecule has 0 aliphatic rings. The lowest BCUT2D eigenvalue weighted by Gasteiger charge is -2.29. The number of ether oxygens (including phenoxy) is 1. The van der Waals surface area contributed by atoms with Crippen molar-refractivity contribution in [1.29, 1.82) is 0 Å². The fraction of sp³-hybridized carbons (Fsp3) is 0.440. The van der Waals surface area contributed by atoms with Crippen LogP contribution in [0.5, 0.6) is 5.75 Å². The summed E-state index contributed by atoms with van der Waals surface area (Å²) < 4.78 is 5.73. The van der Waals surface area contributed by atoms with Gasteiger partial charge >= 0.3 is 0 Å². The summed E-state index contributed by atoms with van der Waals surface area (Å²) in [4.78, 5) is 27.2. The molecule has 2 aromatic carbocycles. The Bertz CT molecular complexity index is 788. The van der Waals surface area contributed by atoms with Gasteiger partial charge in [0.05, 0.1) is 6.61 Å². The molecule has 2 rings (SSSR count). The van der Waals surface area contributed by atoms with E-state index in [9.17, 15) is 9.59 Å². The molecule has 5 nitrogen and oxygen atoms in total. The van der Waals surface area contributed by atoms with E-state index in [4.69, 9.17) is 4.74 Å². The van der Waals surface area contributed by atoms with E-state index in [1.807, 2.05) is 75.4 Å². The molecule has 2 aromatic rings. The van der Waals surface area contributed by atoms with Gasteiger partial charge in [-0.05, 0) is 43.9 Å². The molecule has 0 heterocycles. The van der Waals surface area contributed by atoms with Crippen LogP contribution in [0.4, 0.5) is 0 Å². The van der Waals surface area contributed by atoms with Gasteiger partial charge in [-0.2, -0.15) is 0 Å². The summed E-state index contributed by atoms with van der Waals surface area (Å²) in [6, 6.07) is 17.1. The number of aryl methyl sites for hydroxylation is 1. The summed E-state index contributed by atoms with van der Waals surface area (Å²) in [5.41, 5.74) is 2.18. The highest BCUT2D eigenvalue weighted by Crippen LogP contribution is 2.14. The smallest absolute Gasteiger partial charge is 0.242 e. The molecular weight excluding hydrogens is 376 g/mol. The number of hydrogen-bond donors (Lipinski definition) is 1. The zero-order chi connectivity index (χ0) is 21.9. The molecule has 0 fully saturated rings. The molecule has 1 atom stereocenters. The third-order valence-corrected chi connectivity index (χ3v) is 4.87. The maximum atomic E-state index is 13.0. The average molecular weight is 411 g/mol. The van der Waals surface area contributed by atoms with Gasteiger partial charge in [-0.15, -0.1) is 0 Å². The molecule has 0 aromatic heterocycles. The van der Waals surface area contributed by atoms with Crippen molar-refractivity contribution in [3.8, 4) is 5.75 Å². The summed E-state index contributed by atoms with van der Waals surface area (Å²) in [6.45, 7) is 9.39. The predicted molar refractivity (Wildman–Crippen MR) is 120 cm³/mol. The van der Waals surface area contributed by atoms with Crippen molar-refractivity contribution >= 4 is 11.8 Å². The number of benzene rings is 2. The Labute approximate surface area is 180 Å². The molecule has 0 saturated heterocycles. The van der Waals surface area contributed by atoms with Crippen LogP contribution < -0.4 is 10.1 Å². The Kier molecular flexibility index (Phi) is 9.39. The zero-order valence-electron chi connectivity index (χ0n) is 18.6. The fourth-order valence-electron chi connectivity index (χ4n) is 3.01. The number of hydrogen-bond acceptors (Lipinski definition) is 3. The van der Waals surface area contributed by atoms with Crippen LogP contribution in [0, 0.1) is 12.8 Å². The lowest BCUT2D eigenvalue weighted by atomic mass is 10.1. The number of carbonyl (C=O) groups is 2. The Hall–Kier alpha value is -2.82. The molecule has 0 radical (unpaired) electrons. The number of nitrogens with zero attached hydrogens (tertiary/aromatic N) is 1. The molecule has 1 N–H and O–H groups in total. The second kappa shape index (κ2) is 12.0. The molecular formula is C25H34N2O3. The van der Waals surface area contributed by atoms with Crippen molar-refractivity contribution in [3.63, 3.8) is 0 Å². The van der Waals surface area contributed by atoms with Crippen LogP contribution in [0.25, 0.3) is 0 Å². The summed E-state index contributed by atoms with van der Waals surface area (Å²) >= 11 is 0. The van der Waals surface area contributed by atoms with Crippen LogP contribution in [0.2, 0.25) is 0 Å². The average Bonchev–Trinajstić information content (AvgIpc) is 2.74. The molecule has 0 saturated carbocycles. The van der Waals surface area contributed by atoms with Crippen molar-refractivity contribution in [3.05, 3.63) is 65.7 Å². The molecule has 0 aliphatic carbocycles. The highest BCUT2D eigenvalue weighted by Gasteiger charge is 2.25. The lowest BCUT2D eigenvalue weighted by molar-refractivity contribution is -0.140. The van der Waals surface area contributed by atoms with E-state index in [1.165, 1.54) is 5.56 Å². The maximum Gasteiger partial charge on any atom is 0.242 e. The molecule has 2 amide bonds. The minimum atomic E-state index is -0.533. The van der Waals surface area contributed by atoms with Gasteiger partial charge in [-0.3, -0.25) is 9.59 Å².